The van der Waals surface area contributed by atoms with Crippen molar-refractivity contribution in [2.45, 2.75) is 31.8 Å². The van der Waals surface area contributed by atoms with E-state index in [0.717, 1.165) is 6.26 Å². The van der Waals surface area contributed by atoms with Crippen LogP contribution in [0.15, 0.2) is 35.5 Å². The Balaban J connectivity index is 2.03. The van der Waals surface area contributed by atoms with E-state index in [2.05, 4.69) is 10.2 Å². The Hall–Kier alpha value is -2.36. The van der Waals surface area contributed by atoms with Crippen LogP contribution in [0.3, 0.4) is 0 Å². The van der Waals surface area contributed by atoms with Crippen molar-refractivity contribution in [1.82, 2.24) is 19.6 Å². The SMILES string of the molecule is CCn1nc(C)cc1OC(=O)c1ccc(S(C)(=O)=O)c(Cn2cc(Cl)cn2)c1Cl. The van der Waals surface area contributed by atoms with Crippen molar-refractivity contribution in [1.29, 1.82) is 0 Å². The van der Waals surface area contributed by atoms with Gasteiger partial charge in [0.15, 0.2) is 9.84 Å². The van der Waals surface area contributed by atoms with E-state index >= 15 is 0 Å². The predicted octanol–water partition coefficient (Wildman–Crippen LogP) is 3.39. The molecular weight excluding hydrogens is 439 g/mol. The number of carbonyl (C=O) groups is 1. The zero-order valence-electron chi connectivity index (χ0n) is 15.9. The molecule has 3 aromatic rings. The Morgan fingerprint density at radius 3 is 2.59 bits per heavy atom. The van der Waals surface area contributed by atoms with Gasteiger partial charge in [0.25, 0.3) is 0 Å². The highest BCUT2D eigenvalue weighted by molar-refractivity contribution is 7.90. The second kappa shape index (κ2) is 8.17. The predicted molar refractivity (Wildman–Crippen MR) is 108 cm³/mol. The number of aromatic nitrogens is 4. The number of carbonyl (C=O) groups excluding carboxylic acids is 1. The van der Waals surface area contributed by atoms with Crippen molar-refractivity contribution in [3.63, 3.8) is 0 Å². The van der Waals surface area contributed by atoms with Crippen molar-refractivity contribution in [3.05, 3.63) is 57.5 Å². The highest BCUT2D eigenvalue weighted by Gasteiger charge is 2.24. The van der Waals surface area contributed by atoms with Gasteiger partial charge in [-0.15, -0.1) is 0 Å². The molecule has 3 rings (SSSR count). The van der Waals surface area contributed by atoms with Gasteiger partial charge in [-0.1, -0.05) is 23.2 Å². The van der Waals surface area contributed by atoms with Gasteiger partial charge < -0.3 is 4.74 Å². The lowest BCUT2D eigenvalue weighted by Crippen LogP contribution is -2.15. The van der Waals surface area contributed by atoms with Crippen LogP contribution in [-0.2, 0) is 22.9 Å². The zero-order valence-corrected chi connectivity index (χ0v) is 18.2. The third kappa shape index (κ3) is 4.63. The lowest BCUT2D eigenvalue weighted by atomic mass is 10.1. The number of rotatable bonds is 6. The summed E-state index contributed by atoms with van der Waals surface area (Å²) in [5.74, 6) is -0.442. The molecular formula is C18H18Cl2N4O4S. The maximum Gasteiger partial charge on any atom is 0.346 e. The third-order valence-electron chi connectivity index (χ3n) is 4.10. The summed E-state index contributed by atoms with van der Waals surface area (Å²) in [6.07, 6.45) is 4.01. The number of sulfone groups is 1. The fourth-order valence-corrected chi connectivity index (χ4v) is 4.27. The van der Waals surface area contributed by atoms with Gasteiger partial charge in [0.05, 0.1) is 38.9 Å². The van der Waals surface area contributed by atoms with Gasteiger partial charge in [-0.05, 0) is 26.0 Å². The molecule has 0 saturated heterocycles. The maximum atomic E-state index is 12.7. The smallest absolute Gasteiger partial charge is 0.346 e. The van der Waals surface area contributed by atoms with Crippen LogP contribution in [0.5, 0.6) is 5.88 Å². The molecule has 2 aromatic heterocycles. The minimum absolute atomic E-state index is 0.000108. The summed E-state index contributed by atoms with van der Waals surface area (Å²) in [4.78, 5) is 12.7. The van der Waals surface area contributed by atoms with Gasteiger partial charge in [-0.25, -0.2) is 17.9 Å². The molecule has 0 aliphatic rings. The van der Waals surface area contributed by atoms with E-state index in [9.17, 15) is 13.2 Å². The number of ether oxygens (including phenoxy) is 1. The summed E-state index contributed by atoms with van der Waals surface area (Å²) in [7, 11) is -3.60. The summed E-state index contributed by atoms with van der Waals surface area (Å²) < 4.78 is 32.9. The van der Waals surface area contributed by atoms with E-state index in [-0.39, 0.29) is 33.5 Å². The van der Waals surface area contributed by atoms with Crippen LogP contribution in [0.25, 0.3) is 0 Å². The largest absolute Gasteiger partial charge is 0.404 e. The molecule has 11 heteroatoms. The van der Waals surface area contributed by atoms with Crippen molar-refractivity contribution >= 4 is 39.0 Å². The van der Waals surface area contributed by atoms with Crippen molar-refractivity contribution in [2.24, 2.45) is 0 Å². The monoisotopic (exact) mass is 456 g/mol. The normalized spacial score (nSPS) is 11.6. The van der Waals surface area contributed by atoms with Crippen molar-refractivity contribution in [2.75, 3.05) is 6.26 Å². The molecule has 0 fully saturated rings. The van der Waals surface area contributed by atoms with E-state index in [0.29, 0.717) is 17.3 Å². The molecule has 0 atom stereocenters. The highest BCUT2D eigenvalue weighted by Crippen LogP contribution is 2.30. The average molecular weight is 457 g/mol. The Morgan fingerprint density at radius 2 is 2.00 bits per heavy atom. The molecule has 0 unspecified atom stereocenters. The van der Waals surface area contributed by atoms with Gasteiger partial charge in [-0.3, -0.25) is 4.68 Å². The molecule has 0 spiro atoms. The van der Waals surface area contributed by atoms with Crippen LogP contribution in [0.2, 0.25) is 10.0 Å². The number of benzene rings is 1. The van der Waals surface area contributed by atoms with Crippen LogP contribution < -0.4 is 4.74 Å². The minimum atomic E-state index is -3.60. The van der Waals surface area contributed by atoms with Crippen molar-refractivity contribution in [3.8, 4) is 5.88 Å². The van der Waals surface area contributed by atoms with E-state index in [1.807, 2.05) is 6.92 Å². The lowest BCUT2D eigenvalue weighted by Gasteiger charge is -2.14. The quantitative estimate of drug-likeness (QED) is 0.527. The first-order chi connectivity index (χ1) is 13.6. The molecule has 0 N–H and O–H groups in total. The minimum Gasteiger partial charge on any atom is -0.404 e. The average Bonchev–Trinajstić information content (AvgIpc) is 3.20. The molecule has 0 radical (unpaired) electrons. The molecule has 0 bridgehead atoms. The zero-order chi connectivity index (χ0) is 21.3. The molecule has 0 aliphatic heterocycles. The van der Waals surface area contributed by atoms with Crippen LogP contribution in [0, 0.1) is 6.92 Å². The molecule has 0 aliphatic carbocycles. The Labute approximate surface area is 177 Å². The Morgan fingerprint density at radius 1 is 1.28 bits per heavy atom. The third-order valence-corrected chi connectivity index (χ3v) is 5.91. The van der Waals surface area contributed by atoms with Crippen LogP contribution in [-0.4, -0.2) is 40.2 Å². The molecule has 0 saturated carbocycles. The first-order valence-corrected chi connectivity index (χ1v) is 11.2. The second-order valence-electron chi connectivity index (χ2n) is 6.36. The van der Waals surface area contributed by atoms with Gasteiger partial charge in [0, 0.05) is 30.6 Å². The number of aryl methyl sites for hydroxylation is 2. The fraction of sp³-hybridized carbons (Fsp3) is 0.278. The molecule has 29 heavy (non-hydrogen) atoms. The van der Waals surface area contributed by atoms with Crippen LogP contribution in [0.1, 0.15) is 28.5 Å². The maximum absolute atomic E-state index is 12.7. The number of esters is 1. The number of hydrogen-bond acceptors (Lipinski definition) is 6. The van der Waals surface area contributed by atoms with Crippen molar-refractivity contribution < 1.29 is 17.9 Å². The number of nitrogens with zero attached hydrogens (tertiary/aromatic N) is 4. The van der Waals surface area contributed by atoms with E-state index in [1.165, 1.54) is 29.2 Å². The summed E-state index contributed by atoms with van der Waals surface area (Å²) in [5.41, 5.74) is 0.960. The van der Waals surface area contributed by atoms with Gasteiger partial charge >= 0.3 is 5.97 Å². The topological polar surface area (TPSA) is 96.1 Å². The van der Waals surface area contributed by atoms with Crippen LogP contribution in [0.4, 0.5) is 0 Å². The van der Waals surface area contributed by atoms with E-state index < -0.39 is 15.8 Å². The van der Waals surface area contributed by atoms with E-state index in [4.69, 9.17) is 27.9 Å². The summed E-state index contributed by atoms with van der Waals surface area (Å²) in [5, 5.41) is 8.64. The Kier molecular flexibility index (Phi) is 6.02. The fourth-order valence-electron chi connectivity index (χ4n) is 2.82. The van der Waals surface area contributed by atoms with Crippen LogP contribution >= 0.6 is 23.2 Å². The van der Waals surface area contributed by atoms with E-state index in [1.54, 1.807) is 17.7 Å². The Bertz CT molecular complexity index is 1180. The highest BCUT2D eigenvalue weighted by atomic mass is 35.5. The van der Waals surface area contributed by atoms with Gasteiger partial charge in [-0.2, -0.15) is 10.2 Å². The molecule has 8 nitrogen and oxygen atoms in total. The van der Waals surface area contributed by atoms with Gasteiger partial charge in [0.1, 0.15) is 0 Å². The molecule has 0 amide bonds. The molecule has 154 valence electrons. The summed E-state index contributed by atoms with van der Waals surface area (Å²) in [6, 6.07) is 4.30. The summed E-state index contributed by atoms with van der Waals surface area (Å²) >= 11 is 12.3. The molecule has 2 heterocycles. The number of halogens is 2. The first kappa shape index (κ1) is 21.4. The second-order valence-corrected chi connectivity index (χ2v) is 9.16. The van der Waals surface area contributed by atoms with Gasteiger partial charge in [0.2, 0.25) is 5.88 Å². The standard InChI is InChI=1S/C18H18Cl2N4O4S/c1-4-24-16(7-11(2)22-24)28-18(25)13-5-6-15(29(3,26)27)14(17(13)20)10-23-9-12(19)8-21-23/h5-9H,4,10H2,1-3H3. The molecule has 1 aromatic carbocycles. The first-order valence-electron chi connectivity index (χ1n) is 8.56. The lowest BCUT2D eigenvalue weighted by molar-refractivity contribution is 0.0718. The summed E-state index contributed by atoms with van der Waals surface area (Å²) in [6.45, 7) is 4.18. The number of hydrogen-bond donors (Lipinski definition) is 0.